The molecule has 0 spiro atoms. The molecule has 1 amide bonds. The third kappa shape index (κ3) is 2.89. The van der Waals surface area contributed by atoms with Crippen molar-refractivity contribution in [3.05, 3.63) is 28.7 Å². The predicted molar refractivity (Wildman–Crippen MR) is 109 cm³/mol. The maximum Gasteiger partial charge on any atom is 0.254 e. The number of aryl methyl sites for hydroxylation is 4. The zero-order chi connectivity index (χ0) is 20.2. The maximum absolute atomic E-state index is 13.5. The molecule has 4 rings (SSSR count). The Morgan fingerprint density at radius 3 is 2.46 bits per heavy atom. The van der Waals surface area contributed by atoms with Crippen molar-refractivity contribution in [2.45, 2.75) is 40.5 Å². The van der Waals surface area contributed by atoms with Gasteiger partial charge in [-0.15, -0.1) is 0 Å². The van der Waals surface area contributed by atoms with Gasteiger partial charge in [0.05, 0.1) is 28.0 Å². The Kier molecular flexibility index (Phi) is 4.48. The van der Waals surface area contributed by atoms with Crippen molar-refractivity contribution in [1.82, 2.24) is 29.4 Å². The first-order chi connectivity index (χ1) is 13.3. The number of piperidine rings is 1. The number of amides is 1. The van der Waals surface area contributed by atoms with Crippen LogP contribution in [0.3, 0.4) is 0 Å². The number of fused-ring (bicyclic) bond motifs is 1. The average Bonchev–Trinajstić information content (AvgIpc) is 3.08. The summed E-state index contributed by atoms with van der Waals surface area (Å²) in [7, 11) is 3.81. The van der Waals surface area contributed by atoms with Crippen LogP contribution in [-0.4, -0.2) is 48.4 Å². The van der Waals surface area contributed by atoms with Crippen molar-refractivity contribution in [1.29, 1.82) is 0 Å². The molecule has 7 nitrogen and oxygen atoms in total. The van der Waals surface area contributed by atoms with E-state index in [4.69, 9.17) is 4.98 Å². The van der Waals surface area contributed by atoms with Gasteiger partial charge in [0.15, 0.2) is 5.65 Å². The lowest BCUT2D eigenvalue weighted by Crippen LogP contribution is -2.39. The third-order valence-corrected chi connectivity index (χ3v) is 5.91. The van der Waals surface area contributed by atoms with Crippen LogP contribution in [0.4, 0.5) is 0 Å². The summed E-state index contributed by atoms with van der Waals surface area (Å²) >= 11 is 0. The molecule has 148 valence electrons. The second kappa shape index (κ2) is 6.72. The van der Waals surface area contributed by atoms with Crippen LogP contribution in [0.1, 0.15) is 47.2 Å². The minimum atomic E-state index is 0.0792. The zero-order valence-electron chi connectivity index (χ0n) is 17.6. The normalized spacial score (nSPS) is 17.5. The molecule has 1 aliphatic rings. The third-order valence-electron chi connectivity index (χ3n) is 5.91. The number of pyridine rings is 1. The Hall–Kier alpha value is -2.70. The van der Waals surface area contributed by atoms with E-state index in [-0.39, 0.29) is 5.91 Å². The molecule has 1 saturated heterocycles. The van der Waals surface area contributed by atoms with Crippen molar-refractivity contribution in [2.75, 3.05) is 13.1 Å². The Morgan fingerprint density at radius 2 is 1.82 bits per heavy atom. The van der Waals surface area contributed by atoms with Gasteiger partial charge in [-0.05, 0) is 45.6 Å². The monoisotopic (exact) mass is 380 g/mol. The molecule has 0 saturated carbocycles. The number of nitrogens with zero attached hydrogens (tertiary/aromatic N) is 6. The number of rotatable bonds is 2. The van der Waals surface area contributed by atoms with Gasteiger partial charge >= 0.3 is 0 Å². The highest BCUT2D eigenvalue weighted by molar-refractivity contribution is 6.07. The molecule has 1 aliphatic heterocycles. The largest absolute Gasteiger partial charge is 0.338 e. The highest BCUT2D eigenvalue weighted by atomic mass is 16.2. The lowest BCUT2D eigenvalue weighted by atomic mass is 9.98. The number of hydrogen-bond acceptors (Lipinski definition) is 4. The fourth-order valence-electron chi connectivity index (χ4n) is 4.43. The summed E-state index contributed by atoms with van der Waals surface area (Å²) in [5.74, 6) is 0.614. The van der Waals surface area contributed by atoms with Crippen molar-refractivity contribution in [2.24, 2.45) is 20.0 Å². The molecule has 3 aromatic heterocycles. The molecule has 0 N–H and O–H groups in total. The number of hydrogen-bond donors (Lipinski definition) is 0. The number of likely N-dealkylation sites (tertiary alicyclic amines) is 1. The van der Waals surface area contributed by atoms with E-state index in [0.717, 1.165) is 58.9 Å². The molecule has 7 heteroatoms. The molecule has 1 fully saturated rings. The Bertz CT molecular complexity index is 1080. The minimum absolute atomic E-state index is 0.0792. The molecule has 28 heavy (non-hydrogen) atoms. The van der Waals surface area contributed by atoms with Crippen molar-refractivity contribution in [3.63, 3.8) is 0 Å². The summed E-state index contributed by atoms with van der Waals surface area (Å²) in [5, 5.41) is 9.92. The van der Waals surface area contributed by atoms with Gasteiger partial charge < -0.3 is 4.90 Å². The smallest absolute Gasteiger partial charge is 0.254 e. The first-order valence-corrected chi connectivity index (χ1v) is 9.92. The van der Waals surface area contributed by atoms with Crippen molar-refractivity contribution >= 4 is 16.9 Å². The van der Waals surface area contributed by atoms with Crippen molar-refractivity contribution < 1.29 is 4.79 Å². The number of carbonyl (C=O) groups excluding carboxylic acids is 1. The van der Waals surface area contributed by atoms with E-state index in [0.29, 0.717) is 11.5 Å². The topological polar surface area (TPSA) is 68.8 Å². The van der Waals surface area contributed by atoms with Gasteiger partial charge in [-0.3, -0.25) is 14.2 Å². The lowest BCUT2D eigenvalue weighted by Gasteiger charge is -2.31. The molecule has 1 atom stereocenters. The summed E-state index contributed by atoms with van der Waals surface area (Å²) in [4.78, 5) is 20.4. The summed E-state index contributed by atoms with van der Waals surface area (Å²) < 4.78 is 3.63. The highest BCUT2D eigenvalue weighted by Gasteiger charge is 2.27. The second-order valence-electron chi connectivity index (χ2n) is 8.13. The molecule has 0 aliphatic carbocycles. The van der Waals surface area contributed by atoms with Crippen molar-refractivity contribution in [3.8, 4) is 11.3 Å². The molecule has 4 heterocycles. The van der Waals surface area contributed by atoms with Gasteiger partial charge in [0.2, 0.25) is 0 Å². The minimum Gasteiger partial charge on any atom is -0.338 e. The van der Waals surface area contributed by atoms with Crippen LogP contribution in [-0.2, 0) is 14.1 Å². The molecule has 3 aromatic rings. The van der Waals surface area contributed by atoms with Gasteiger partial charge in [0.25, 0.3) is 5.91 Å². The molecule has 0 radical (unpaired) electrons. The standard InChI is InChI=1S/C21H28N6O/c1-12-8-7-9-27(11-12)21(28)16-10-17(18-13(2)23-25(5)15(18)4)22-20-19(16)14(3)24-26(20)6/h10,12H,7-9,11H2,1-6H3/t12-/m0/s1. The quantitative estimate of drug-likeness (QED) is 0.685. The second-order valence-corrected chi connectivity index (χ2v) is 8.13. The zero-order valence-corrected chi connectivity index (χ0v) is 17.6. The number of carbonyl (C=O) groups is 1. The molecule has 0 bridgehead atoms. The van der Waals surface area contributed by atoms with Crippen LogP contribution in [0.5, 0.6) is 0 Å². The first kappa shape index (κ1) is 18.7. The van der Waals surface area contributed by atoms with Gasteiger partial charge in [0.1, 0.15) is 0 Å². The number of aromatic nitrogens is 5. The van der Waals surface area contributed by atoms with E-state index >= 15 is 0 Å². The lowest BCUT2D eigenvalue weighted by molar-refractivity contribution is 0.0685. The SMILES string of the molecule is Cc1nn(C)c(C)c1-c1cc(C(=O)N2CCC[C@H](C)C2)c2c(C)nn(C)c2n1. The Labute approximate surface area is 165 Å². The van der Waals surface area contributed by atoms with E-state index in [1.54, 1.807) is 4.68 Å². The summed E-state index contributed by atoms with van der Waals surface area (Å²) in [6, 6.07) is 1.94. The highest BCUT2D eigenvalue weighted by Crippen LogP contribution is 2.31. The van der Waals surface area contributed by atoms with Gasteiger partial charge in [-0.2, -0.15) is 10.2 Å². The van der Waals surface area contributed by atoms with E-state index < -0.39 is 0 Å². The van der Waals surface area contributed by atoms with Crippen LogP contribution < -0.4 is 0 Å². The fourth-order valence-corrected chi connectivity index (χ4v) is 4.43. The van der Waals surface area contributed by atoms with Gasteiger partial charge in [-0.25, -0.2) is 4.98 Å². The Morgan fingerprint density at radius 1 is 1.11 bits per heavy atom. The maximum atomic E-state index is 13.5. The first-order valence-electron chi connectivity index (χ1n) is 9.92. The van der Waals surface area contributed by atoms with Gasteiger partial charge in [-0.1, -0.05) is 6.92 Å². The summed E-state index contributed by atoms with van der Waals surface area (Å²) in [6.07, 6.45) is 2.24. The van der Waals surface area contributed by atoms with E-state index in [1.807, 2.05) is 50.5 Å². The van der Waals surface area contributed by atoms with E-state index in [2.05, 4.69) is 17.1 Å². The molecular formula is C21H28N6O. The Balaban J connectivity index is 1.93. The van der Waals surface area contributed by atoms with Crippen LogP contribution in [0.25, 0.3) is 22.3 Å². The van der Waals surface area contributed by atoms with Crippen LogP contribution in [0.2, 0.25) is 0 Å². The molecule has 0 unspecified atom stereocenters. The summed E-state index contributed by atoms with van der Waals surface area (Å²) in [5.41, 5.74) is 6.00. The predicted octanol–water partition coefficient (Wildman–Crippen LogP) is 3.17. The van der Waals surface area contributed by atoms with Crippen LogP contribution >= 0.6 is 0 Å². The summed E-state index contributed by atoms with van der Waals surface area (Å²) in [6.45, 7) is 9.79. The molecule has 0 aromatic carbocycles. The van der Waals surface area contributed by atoms with E-state index in [1.165, 1.54) is 6.42 Å². The van der Waals surface area contributed by atoms with Crippen LogP contribution in [0, 0.1) is 26.7 Å². The van der Waals surface area contributed by atoms with Gasteiger partial charge in [0, 0.05) is 38.4 Å². The average molecular weight is 380 g/mol. The molecular weight excluding hydrogens is 352 g/mol. The van der Waals surface area contributed by atoms with E-state index in [9.17, 15) is 4.79 Å². The fraction of sp³-hybridized carbons (Fsp3) is 0.524. The van der Waals surface area contributed by atoms with Crippen LogP contribution in [0.15, 0.2) is 6.07 Å².